The number of carbonyl (C=O) groups is 2. The maximum Gasteiger partial charge on any atom is 0.417 e. The van der Waals surface area contributed by atoms with Gasteiger partial charge in [0.1, 0.15) is 5.60 Å². The summed E-state index contributed by atoms with van der Waals surface area (Å²) in [5.41, 5.74) is -1.37. The first-order valence-corrected chi connectivity index (χ1v) is 9.07. The van der Waals surface area contributed by atoms with E-state index in [1.807, 2.05) is 0 Å². The normalized spacial score (nSPS) is 20.5. The van der Waals surface area contributed by atoms with Crippen molar-refractivity contribution in [1.29, 1.82) is 0 Å². The van der Waals surface area contributed by atoms with Crippen molar-refractivity contribution < 1.29 is 27.5 Å². The molecule has 10 heteroatoms. The highest BCUT2D eigenvalue weighted by molar-refractivity contribution is 6.02. The summed E-state index contributed by atoms with van der Waals surface area (Å²) in [6.07, 6.45) is -3.00. The van der Waals surface area contributed by atoms with Crippen LogP contribution in [0.15, 0.2) is 12.3 Å². The van der Waals surface area contributed by atoms with E-state index in [0.717, 1.165) is 12.3 Å². The van der Waals surface area contributed by atoms with Gasteiger partial charge in [-0.05, 0) is 39.7 Å². The molecule has 3 heterocycles. The van der Waals surface area contributed by atoms with E-state index in [-0.39, 0.29) is 36.5 Å². The van der Waals surface area contributed by atoms with Crippen LogP contribution in [0, 0.1) is 0 Å². The number of fused-ring (bicyclic) bond motifs is 1. The summed E-state index contributed by atoms with van der Waals surface area (Å²) in [6, 6.07) is 0.579. The van der Waals surface area contributed by atoms with Crippen molar-refractivity contribution in [3.63, 3.8) is 0 Å². The number of nitrogens with one attached hydrogen (secondary N) is 1. The molecule has 0 aliphatic carbocycles. The van der Waals surface area contributed by atoms with Crippen LogP contribution in [0.1, 0.15) is 39.2 Å². The number of hydrogen-bond acceptors (Lipinski definition) is 5. The topological polar surface area (TPSA) is 74.8 Å². The molecule has 1 N–H and O–H groups in total. The number of carbonyl (C=O) groups excluding carboxylic acids is 2. The molecule has 3 rings (SSSR count). The van der Waals surface area contributed by atoms with E-state index in [9.17, 15) is 22.8 Å². The Morgan fingerprint density at radius 1 is 1.32 bits per heavy atom. The van der Waals surface area contributed by atoms with E-state index in [4.69, 9.17) is 4.74 Å². The van der Waals surface area contributed by atoms with Crippen molar-refractivity contribution in [2.75, 3.05) is 29.9 Å². The minimum Gasteiger partial charge on any atom is -0.444 e. The van der Waals surface area contributed by atoms with Gasteiger partial charge in [0.05, 0.1) is 23.8 Å². The third-order valence-electron chi connectivity index (χ3n) is 4.53. The Balaban J connectivity index is 1.83. The maximum absolute atomic E-state index is 13.0. The quantitative estimate of drug-likeness (QED) is 0.783. The number of anilines is 2. The van der Waals surface area contributed by atoms with E-state index in [1.165, 1.54) is 9.80 Å². The molecule has 154 valence electrons. The zero-order chi connectivity index (χ0) is 20.7. The fourth-order valence-electron chi connectivity index (χ4n) is 3.34. The number of rotatable bonds is 1. The van der Waals surface area contributed by atoms with Gasteiger partial charge >= 0.3 is 12.3 Å². The maximum atomic E-state index is 13.0. The van der Waals surface area contributed by atoms with Gasteiger partial charge in [0.15, 0.2) is 5.82 Å². The summed E-state index contributed by atoms with van der Waals surface area (Å²) in [5, 5.41) is 2.70. The number of likely N-dealkylation sites (tertiary alicyclic amines) is 1. The molecule has 0 saturated carbocycles. The van der Waals surface area contributed by atoms with Crippen molar-refractivity contribution in [3.8, 4) is 0 Å². The zero-order valence-electron chi connectivity index (χ0n) is 16.0. The summed E-state index contributed by atoms with van der Waals surface area (Å²) in [5.74, 6) is -0.143. The van der Waals surface area contributed by atoms with Gasteiger partial charge in [0, 0.05) is 19.3 Å². The van der Waals surface area contributed by atoms with E-state index in [1.54, 1.807) is 20.8 Å². The molecule has 1 unspecified atom stereocenters. The van der Waals surface area contributed by atoms with Crippen LogP contribution in [0.5, 0.6) is 0 Å². The standard InChI is InChI=1S/C18H23F3N4O3/c1-17(2,3)28-16(27)24-6-4-5-12(10-24)25-14(26)9-22-13-7-11(18(19,20)21)8-23-15(13)25/h7-8,12,22H,4-6,9-10H2,1-3H3. The summed E-state index contributed by atoms with van der Waals surface area (Å²) in [6.45, 7) is 5.92. The number of pyridine rings is 1. The van der Waals surface area contributed by atoms with Gasteiger partial charge in [-0.25, -0.2) is 9.78 Å². The fourth-order valence-corrected chi connectivity index (χ4v) is 3.34. The third-order valence-corrected chi connectivity index (χ3v) is 4.53. The lowest BCUT2D eigenvalue weighted by Crippen LogP contribution is -2.55. The molecule has 1 fully saturated rings. The fraction of sp³-hybridized carbons (Fsp3) is 0.611. The first-order chi connectivity index (χ1) is 13.0. The number of aromatic nitrogens is 1. The van der Waals surface area contributed by atoms with E-state index >= 15 is 0 Å². The molecule has 28 heavy (non-hydrogen) atoms. The Labute approximate surface area is 160 Å². The average molecular weight is 400 g/mol. The monoisotopic (exact) mass is 400 g/mol. The van der Waals surface area contributed by atoms with E-state index in [0.29, 0.717) is 19.4 Å². The highest BCUT2D eigenvalue weighted by atomic mass is 19.4. The van der Waals surface area contributed by atoms with Crippen LogP contribution in [0.2, 0.25) is 0 Å². The number of nitrogens with zero attached hydrogens (tertiary/aromatic N) is 3. The molecule has 1 aromatic heterocycles. The van der Waals surface area contributed by atoms with Gasteiger partial charge in [-0.1, -0.05) is 0 Å². The Morgan fingerprint density at radius 3 is 2.68 bits per heavy atom. The third kappa shape index (κ3) is 4.31. The van der Waals surface area contributed by atoms with Crippen LogP contribution in [0.25, 0.3) is 0 Å². The molecule has 1 aromatic rings. The number of piperidine rings is 1. The Bertz CT molecular complexity index is 776. The molecule has 7 nitrogen and oxygen atoms in total. The van der Waals surface area contributed by atoms with Crippen LogP contribution < -0.4 is 10.2 Å². The molecule has 0 spiro atoms. The molecule has 2 aliphatic rings. The molecular formula is C18H23F3N4O3. The van der Waals surface area contributed by atoms with Gasteiger partial charge in [0.2, 0.25) is 5.91 Å². The SMILES string of the molecule is CC(C)(C)OC(=O)N1CCCC(N2C(=O)CNc3cc(C(F)(F)F)cnc32)C1. The van der Waals surface area contributed by atoms with Crippen molar-refractivity contribution in [3.05, 3.63) is 17.8 Å². The summed E-state index contributed by atoms with van der Waals surface area (Å²) in [7, 11) is 0. The number of amides is 2. The first kappa shape index (κ1) is 20.2. The van der Waals surface area contributed by atoms with Crippen LogP contribution in [-0.2, 0) is 15.7 Å². The molecule has 0 bridgehead atoms. The van der Waals surface area contributed by atoms with Crippen LogP contribution in [0.3, 0.4) is 0 Å². The van der Waals surface area contributed by atoms with E-state index < -0.39 is 23.4 Å². The van der Waals surface area contributed by atoms with Gasteiger partial charge < -0.3 is 15.0 Å². The van der Waals surface area contributed by atoms with Crippen molar-refractivity contribution >= 4 is 23.5 Å². The lowest BCUT2D eigenvalue weighted by Gasteiger charge is -2.41. The lowest BCUT2D eigenvalue weighted by molar-refractivity contribution is -0.137. The number of ether oxygens (including phenoxy) is 1. The predicted octanol–water partition coefficient (Wildman–Crippen LogP) is 3.26. The van der Waals surface area contributed by atoms with Crippen LogP contribution in [-0.4, -0.2) is 53.2 Å². The highest BCUT2D eigenvalue weighted by Gasteiger charge is 2.38. The predicted molar refractivity (Wildman–Crippen MR) is 96.0 cm³/mol. The molecule has 1 atom stereocenters. The number of halogens is 3. The smallest absolute Gasteiger partial charge is 0.417 e. The van der Waals surface area contributed by atoms with Crippen molar-refractivity contribution in [1.82, 2.24) is 9.88 Å². The van der Waals surface area contributed by atoms with Gasteiger partial charge in [-0.3, -0.25) is 9.69 Å². The van der Waals surface area contributed by atoms with Crippen LogP contribution in [0.4, 0.5) is 29.5 Å². The van der Waals surface area contributed by atoms with Gasteiger partial charge in [-0.2, -0.15) is 13.2 Å². The second-order valence-corrected chi connectivity index (χ2v) is 7.93. The van der Waals surface area contributed by atoms with Gasteiger partial charge in [0.25, 0.3) is 0 Å². The lowest BCUT2D eigenvalue weighted by atomic mass is 10.0. The summed E-state index contributed by atoms with van der Waals surface area (Å²) in [4.78, 5) is 31.7. The first-order valence-electron chi connectivity index (χ1n) is 9.07. The molecule has 0 radical (unpaired) electrons. The minimum absolute atomic E-state index is 0.126. The molecule has 0 aromatic carbocycles. The average Bonchev–Trinajstić information content (AvgIpc) is 2.59. The molecule has 1 saturated heterocycles. The second kappa shape index (κ2) is 7.14. The highest BCUT2D eigenvalue weighted by Crippen LogP contribution is 2.36. The number of alkyl halides is 3. The summed E-state index contributed by atoms with van der Waals surface area (Å²) < 4.78 is 44.3. The Morgan fingerprint density at radius 2 is 2.04 bits per heavy atom. The van der Waals surface area contributed by atoms with Crippen molar-refractivity contribution in [2.24, 2.45) is 0 Å². The van der Waals surface area contributed by atoms with Gasteiger partial charge in [-0.15, -0.1) is 0 Å². The Kier molecular flexibility index (Phi) is 5.16. The zero-order valence-corrected chi connectivity index (χ0v) is 16.0. The minimum atomic E-state index is -4.52. The largest absolute Gasteiger partial charge is 0.444 e. The van der Waals surface area contributed by atoms with Crippen LogP contribution >= 0.6 is 0 Å². The second-order valence-electron chi connectivity index (χ2n) is 7.93. The number of hydrogen-bond donors (Lipinski definition) is 1. The van der Waals surface area contributed by atoms with E-state index in [2.05, 4.69) is 10.3 Å². The van der Waals surface area contributed by atoms with Crippen molar-refractivity contribution in [2.45, 2.75) is 51.4 Å². The molecule has 2 aliphatic heterocycles. The molecular weight excluding hydrogens is 377 g/mol. The molecule has 2 amide bonds. The Hall–Kier alpha value is -2.52. The summed E-state index contributed by atoms with van der Waals surface area (Å²) >= 11 is 0.